The third-order valence-electron chi connectivity index (χ3n) is 3.41. The van der Waals surface area contributed by atoms with E-state index in [9.17, 15) is 0 Å². The zero-order valence-electron chi connectivity index (χ0n) is 10.1. The van der Waals surface area contributed by atoms with E-state index in [1.807, 2.05) is 18.5 Å². The number of anilines is 1. The summed E-state index contributed by atoms with van der Waals surface area (Å²) in [5, 5.41) is 0. The maximum atomic E-state index is 5.75. The highest BCUT2D eigenvalue weighted by Gasteiger charge is 2.22. The van der Waals surface area contributed by atoms with Gasteiger partial charge < -0.3 is 15.5 Å². The minimum Gasteiger partial charge on any atom is -0.367 e. The number of pyridine rings is 1. The lowest BCUT2D eigenvalue weighted by Crippen LogP contribution is -2.50. The van der Waals surface area contributed by atoms with Crippen molar-refractivity contribution in [3.8, 4) is 0 Å². The van der Waals surface area contributed by atoms with Crippen LogP contribution in [0.15, 0.2) is 18.5 Å². The molecule has 1 saturated heterocycles. The Morgan fingerprint density at radius 2 is 2.31 bits per heavy atom. The van der Waals surface area contributed by atoms with Gasteiger partial charge >= 0.3 is 0 Å². The number of aromatic nitrogens is 1. The summed E-state index contributed by atoms with van der Waals surface area (Å²) < 4.78 is 0. The number of nitrogens with two attached hydrogens (primary N) is 1. The van der Waals surface area contributed by atoms with E-state index in [0.29, 0.717) is 12.6 Å². The molecule has 4 heteroatoms. The molecule has 0 radical (unpaired) electrons. The molecule has 1 aliphatic rings. The molecule has 0 amide bonds. The fourth-order valence-electron chi connectivity index (χ4n) is 2.14. The normalized spacial score (nSPS) is 22.4. The Hall–Kier alpha value is -1.13. The van der Waals surface area contributed by atoms with Crippen LogP contribution in [0.1, 0.15) is 12.5 Å². The SMILES string of the molecule is CC1CN(c2cnccc2CN)CCN1C. The summed E-state index contributed by atoms with van der Waals surface area (Å²) in [6, 6.07) is 2.60. The van der Waals surface area contributed by atoms with Crippen molar-refractivity contribution in [3.05, 3.63) is 24.0 Å². The fraction of sp³-hybridized carbons (Fsp3) is 0.583. The summed E-state index contributed by atoms with van der Waals surface area (Å²) in [5.74, 6) is 0. The molecule has 0 aromatic carbocycles. The first-order valence-electron chi connectivity index (χ1n) is 5.80. The zero-order chi connectivity index (χ0) is 11.5. The number of piperazine rings is 1. The van der Waals surface area contributed by atoms with Crippen molar-refractivity contribution in [1.29, 1.82) is 0 Å². The van der Waals surface area contributed by atoms with Gasteiger partial charge in [-0.15, -0.1) is 0 Å². The first kappa shape index (κ1) is 11.4. The lowest BCUT2D eigenvalue weighted by Gasteiger charge is -2.39. The smallest absolute Gasteiger partial charge is 0.0599 e. The Morgan fingerprint density at radius 3 is 3.00 bits per heavy atom. The summed E-state index contributed by atoms with van der Waals surface area (Å²) in [6.45, 7) is 6.04. The molecule has 2 rings (SSSR count). The van der Waals surface area contributed by atoms with Crippen molar-refractivity contribution in [2.75, 3.05) is 31.6 Å². The topological polar surface area (TPSA) is 45.4 Å². The molecule has 2 heterocycles. The van der Waals surface area contributed by atoms with E-state index < -0.39 is 0 Å². The standard InChI is InChI=1S/C12H20N4/c1-10-9-16(6-5-15(10)2)12-8-14-4-3-11(12)7-13/h3-4,8,10H,5-7,9,13H2,1-2H3. The number of hydrogen-bond acceptors (Lipinski definition) is 4. The summed E-state index contributed by atoms with van der Waals surface area (Å²) in [7, 11) is 2.18. The quantitative estimate of drug-likeness (QED) is 0.796. The molecule has 2 N–H and O–H groups in total. The van der Waals surface area contributed by atoms with Crippen molar-refractivity contribution < 1.29 is 0 Å². The number of nitrogens with zero attached hydrogens (tertiary/aromatic N) is 3. The first-order chi connectivity index (χ1) is 7.72. The highest BCUT2D eigenvalue weighted by atomic mass is 15.3. The van der Waals surface area contributed by atoms with Crippen molar-refractivity contribution >= 4 is 5.69 Å². The van der Waals surface area contributed by atoms with E-state index in [1.54, 1.807) is 0 Å². The van der Waals surface area contributed by atoms with Gasteiger partial charge in [0.1, 0.15) is 0 Å². The molecular formula is C12H20N4. The maximum absolute atomic E-state index is 5.75. The van der Waals surface area contributed by atoms with Gasteiger partial charge in [-0.05, 0) is 25.6 Å². The Kier molecular flexibility index (Phi) is 3.41. The van der Waals surface area contributed by atoms with Gasteiger partial charge in [-0.2, -0.15) is 0 Å². The number of rotatable bonds is 2. The summed E-state index contributed by atoms with van der Waals surface area (Å²) in [4.78, 5) is 8.97. The second kappa shape index (κ2) is 4.80. The van der Waals surface area contributed by atoms with Crippen LogP contribution in [-0.2, 0) is 6.54 Å². The van der Waals surface area contributed by atoms with Gasteiger partial charge in [0.15, 0.2) is 0 Å². The molecule has 1 aromatic heterocycles. The average Bonchev–Trinajstić information content (AvgIpc) is 2.32. The van der Waals surface area contributed by atoms with Crippen LogP contribution < -0.4 is 10.6 Å². The van der Waals surface area contributed by atoms with Crippen LogP contribution in [0, 0.1) is 0 Å². The predicted molar refractivity (Wildman–Crippen MR) is 66.4 cm³/mol. The van der Waals surface area contributed by atoms with Gasteiger partial charge in [-0.3, -0.25) is 4.98 Å². The summed E-state index contributed by atoms with van der Waals surface area (Å²) in [5.41, 5.74) is 8.14. The van der Waals surface area contributed by atoms with E-state index in [4.69, 9.17) is 5.73 Å². The van der Waals surface area contributed by atoms with Gasteiger partial charge in [0, 0.05) is 38.4 Å². The minimum atomic E-state index is 0.582. The van der Waals surface area contributed by atoms with Crippen LogP contribution >= 0.6 is 0 Å². The van der Waals surface area contributed by atoms with Gasteiger partial charge in [-0.1, -0.05) is 0 Å². The Morgan fingerprint density at radius 1 is 1.50 bits per heavy atom. The average molecular weight is 220 g/mol. The number of likely N-dealkylation sites (N-methyl/N-ethyl adjacent to an activating group) is 1. The second-order valence-corrected chi connectivity index (χ2v) is 4.48. The van der Waals surface area contributed by atoms with Crippen molar-refractivity contribution in [2.24, 2.45) is 5.73 Å². The second-order valence-electron chi connectivity index (χ2n) is 4.48. The molecule has 1 aliphatic heterocycles. The molecule has 16 heavy (non-hydrogen) atoms. The molecule has 0 saturated carbocycles. The molecule has 0 aliphatic carbocycles. The molecule has 1 fully saturated rings. The summed E-state index contributed by atoms with van der Waals surface area (Å²) >= 11 is 0. The molecule has 88 valence electrons. The predicted octanol–water partition coefficient (Wildman–Crippen LogP) is 0.681. The molecule has 0 spiro atoms. The molecule has 4 nitrogen and oxygen atoms in total. The van der Waals surface area contributed by atoms with E-state index in [0.717, 1.165) is 19.6 Å². The fourth-order valence-corrected chi connectivity index (χ4v) is 2.14. The third kappa shape index (κ3) is 2.18. The van der Waals surface area contributed by atoms with Crippen molar-refractivity contribution in [1.82, 2.24) is 9.88 Å². The number of hydrogen-bond donors (Lipinski definition) is 1. The molecule has 0 bridgehead atoms. The lowest BCUT2D eigenvalue weighted by atomic mass is 10.1. The first-order valence-corrected chi connectivity index (χ1v) is 5.80. The van der Waals surface area contributed by atoms with Gasteiger partial charge in [0.05, 0.1) is 11.9 Å². The zero-order valence-corrected chi connectivity index (χ0v) is 10.1. The largest absolute Gasteiger partial charge is 0.367 e. The van der Waals surface area contributed by atoms with Crippen molar-refractivity contribution in [3.63, 3.8) is 0 Å². The van der Waals surface area contributed by atoms with Crippen LogP contribution in [0.25, 0.3) is 0 Å². The van der Waals surface area contributed by atoms with E-state index in [-0.39, 0.29) is 0 Å². The van der Waals surface area contributed by atoms with E-state index in [2.05, 4.69) is 28.8 Å². The lowest BCUT2D eigenvalue weighted by molar-refractivity contribution is 0.234. The van der Waals surface area contributed by atoms with Crippen LogP contribution in [0.4, 0.5) is 5.69 Å². The van der Waals surface area contributed by atoms with E-state index >= 15 is 0 Å². The maximum Gasteiger partial charge on any atom is 0.0599 e. The monoisotopic (exact) mass is 220 g/mol. The van der Waals surface area contributed by atoms with Gasteiger partial charge in [0.25, 0.3) is 0 Å². The molecule has 1 unspecified atom stereocenters. The highest BCUT2D eigenvalue weighted by Crippen LogP contribution is 2.21. The van der Waals surface area contributed by atoms with E-state index in [1.165, 1.54) is 11.3 Å². The third-order valence-corrected chi connectivity index (χ3v) is 3.41. The van der Waals surface area contributed by atoms with Crippen LogP contribution in [0.3, 0.4) is 0 Å². The Bertz CT molecular complexity index is 353. The highest BCUT2D eigenvalue weighted by molar-refractivity contribution is 5.52. The van der Waals surface area contributed by atoms with Gasteiger partial charge in [-0.25, -0.2) is 0 Å². The molecular weight excluding hydrogens is 200 g/mol. The van der Waals surface area contributed by atoms with Gasteiger partial charge in [0.2, 0.25) is 0 Å². The van der Waals surface area contributed by atoms with Crippen molar-refractivity contribution in [2.45, 2.75) is 19.5 Å². The van der Waals surface area contributed by atoms with Crippen LogP contribution in [-0.4, -0.2) is 42.6 Å². The molecule has 1 aromatic rings. The minimum absolute atomic E-state index is 0.582. The Balaban J connectivity index is 2.18. The Labute approximate surface area is 97.1 Å². The van der Waals surface area contributed by atoms with Crippen LogP contribution in [0.5, 0.6) is 0 Å². The van der Waals surface area contributed by atoms with Crippen LogP contribution in [0.2, 0.25) is 0 Å². The summed E-state index contributed by atoms with van der Waals surface area (Å²) in [6.07, 6.45) is 3.74. The molecule has 1 atom stereocenters.